The Morgan fingerprint density at radius 3 is 2.34 bits per heavy atom. The van der Waals surface area contributed by atoms with Crippen molar-refractivity contribution in [2.45, 2.75) is 31.0 Å². The van der Waals surface area contributed by atoms with E-state index < -0.39 is 54.8 Å². The van der Waals surface area contributed by atoms with Gasteiger partial charge in [0.2, 0.25) is 17.7 Å². The third-order valence-electron chi connectivity index (χ3n) is 4.29. The number of hydrogen-bond donors (Lipinski definition) is 7. The molecule has 11 nitrogen and oxygen atoms in total. The summed E-state index contributed by atoms with van der Waals surface area (Å²) in [6, 6.07) is 3.29. The molecular formula is C18H23N5O6. The van der Waals surface area contributed by atoms with Crippen molar-refractivity contribution in [2.24, 2.45) is 11.5 Å². The number of aromatic nitrogens is 1. The molecule has 0 saturated heterocycles. The van der Waals surface area contributed by atoms with Crippen molar-refractivity contribution in [1.82, 2.24) is 15.6 Å². The number of fused-ring (bicyclic) bond motifs is 1. The maximum atomic E-state index is 12.6. The number of H-pyrrole nitrogens is 1. The number of aliphatic hydroxyl groups excluding tert-OH is 1. The summed E-state index contributed by atoms with van der Waals surface area (Å²) in [6.45, 7) is -0.823. The standard InChI is InChI=1S/C18H23N5O6/c19-11(6-15(20)25)16(26)22-13(17(27)23-14(8-24)18(28)29)5-9-7-21-12-4-2-1-3-10(9)12/h1-4,7,11,13-14,21,24H,5-6,8,19H2,(H2,20,25)(H,22,26)(H,23,27)(H,28,29). The molecule has 1 heterocycles. The Kier molecular flexibility index (Phi) is 7.28. The Labute approximate surface area is 165 Å². The molecule has 3 amide bonds. The fourth-order valence-electron chi connectivity index (χ4n) is 2.78. The van der Waals surface area contributed by atoms with E-state index in [1.807, 2.05) is 24.3 Å². The number of aliphatic carboxylic acids is 1. The van der Waals surface area contributed by atoms with Crippen LogP contribution in [0.25, 0.3) is 10.9 Å². The topological polar surface area (TPSA) is 201 Å². The molecule has 0 spiro atoms. The molecule has 29 heavy (non-hydrogen) atoms. The molecule has 0 bridgehead atoms. The molecule has 3 atom stereocenters. The highest BCUT2D eigenvalue weighted by atomic mass is 16.4. The van der Waals surface area contributed by atoms with Crippen molar-refractivity contribution in [3.63, 3.8) is 0 Å². The van der Waals surface area contributed by atoms with Crippen LogP contribution in [-0.4, -0.2) is 63.6 Å². The van der Waals surface area contributed by atoms with Gasteiger partial charge in [-0.2, -0.15) is 0 Å². The van der Waals surface area contributed by atoms with Crippen LogP contribution >= 0.6 is 0 Å². The molecule has 9 N–H and O–H groups in total. The molecule has 0 aliphatic carbocycles. The van der Waals surface area contributed by atoms with Gasteiger partial charge < -0.3 is 37.3 Å². The number of carbonyl (C=O) groups excluding carboxylic acids is 3. The van der Waals surface area contributed by atoms with Gasteiger partial charge in [-0.05, 0) is 11.6 Å². The number of benzene rings is 1. The number of amides is 3. The van der Waals surface area contributed by atoms with Crippen LogP contribution in [0.15, 0.2) is 30.5 Å². The quantitative estimate of drug-likeness (QED) is 0.236. The van der Waals surface area contributed by atoms with Gasteiger partial charge in [0.15, 0.2) is 0 Å². The smallest absolute Gasteiger partial charge is 0.328 e. The average Bonchev–Trinajstić information content (AvgIpc) is 3.07. The second-order valence-corrected chi connectivity index (χ2v) is 6.48. The van der Waals surface area contributed by atoms with Gasteiger partial charge >= 0.3 is 5.97 Å². The molecule has 0 saturated carbocycles. The van der Waals surface area contributed by atoms with Crippen LogP contribution in [0.3, 0.4) is 0 Å². The lowest BCUT2D eigenvalue weighted by Gasteiger charge is -2.22. The zero-order valence-electron chi connectivity index (χ0n) is 15.4. The van der Waals surface area contributed by atoms with Crippen LogP contribution in [0.4, 0.5) is 0 Å². The second-order valence-electron chi connectivity index (χ2n) is 6.48. The van der Waals surface area contributed by atoms with Crippen molar-refractivity contribution in [3.05, 3.63) is 36.0 Å². The summed E-state index contributed by atoms with van der Waals surface area (Å²) in [5.41, 5.74) is 12.2. The fraction of sp³-hybridized carbons (Fsp3) is 0.333. The highest BCUT2D eigenvalue weighted by Crippen LogP contribution is 2.19. The Balaban J connectivity index is 2.24. The second kappa shape index (κ2) is 9.66. The van der Waals surface area contributed by atoms with Gasteiger partial charge in [0.25, 0.3) is 0 Å². The highest BCUT2D eigenvalue weighted by molar-refractivity contribution is 5.94. The SMILES string of the molecule is NC(=O)CC(N)C(=O)NC(Cc1c[nH]c2ccccc12)C(=O)NC(CO)C(=O)O. The molecular weight excluding hydrogens is 382 g/mol. The first-order valence-corrected chi connectivity index (χ1v) is 8.76. The Morgan fingerprint density at radius 1 is 1.07 bits per heavy atom. The number of hydrogen-bond acceptors (Lipinski definition) is 6. The minimum atomic E-state index is -1.54. The van der Waals surface area contributed by atoms with Crippen LogP contribution in [0.2, 0.25) is 0 Å². The van der Waals surface area contributed by atoms with Gasteiger partial charge in [-0.3, -0.25) is 14.4 Å². The summed E-state index contributed by atoms with van der Waals surface area (Å²) in [7, 11) is 0. The van der Waals surface area contributed by atoms with E-state index >= 15 is 0 Å². The number of rotatable bonds is 10. The first-order chi connectivity index (χ1) is 13.7. The van der Waals surface area contributed by atoms with Gasteiger partial charge in [0, 0.05) is 23.5 Å². The summed E-state index contributed by atoms with van der Waals surface area (Å²) in [6.07, 6.45) is 1.27. The Hall–Kier alpha value is -3.44. The van der Waals surface area contributed by atoms with Crippen LogP contribution in [0.5, 0.6) is 0 Å². The zero-order valence-corrected chi connectivity index (χ0v) is 15.4. The van der Waals surface area contributed by atoms with E-state index in [-0.39, 0.29) is 6.42 Å². The number of primary amides is 1. The van der Waals surface area contributed by atoms with Gasteiger partial charge in [-0.1, -0.05) is 18.2 Å². The molecule has 0 fully saturated rings. The van der Waals surface area contributed by atoms with Crippen LogP contribution in [-0.2, 0) is 25.6 Å². The fourth-order valence-corrected chi connectivity index (χ4v) is 2.78. The molecule has 2 aromatic rings. The monoisotopic (exact) mass is 405 g/mol. The lowest BCUT2D eigenvalue weighted by Crippen LogP contribution is -2.56. The van der Waals surface area contributed by atoms with Crippen molar-refractivity contribution in [1.29, 1.82) is 0 Å². The van der Waals surface area contributed by atoms with Crippen molar-refractivity contribution >= 4 is 34.6 Å². The molecule has 1 aromatic carbocycles. The average molecular weight is 405 g/mol. The lowest BCUT2D eigenvalue weighted by atomic mass is 10.0. The van der Waals surface area contributed by atoms with Gasteiger partial charge in [0.1, 0.15) is 12.1 Å². The van der Waals surface area contributed by atoms with Crippen LogP contribution < -0.4 is 22.1 Å². The third-order valence-corrected chi connectivity index (χ3v) is 4.29. The van der Waals surface area contributed by atoms with E-state index in [1.165, 1.54) is 0 Å². The molecule has 0 aliphatic heterocycles. The maximum absolute atomic E-state index is 12.6. The van der Waals surface area contributed by atoms with E-state index in [0.717, 1.165) is 10.9 Å². The molecule has 1 aromatic heterocycles. The number of aliphatic hydroxyl groups is 1. The van der Waals surface area contributed by atoms with Crippen molar-refractivity contribution in [3.8, 4) is 0 Å². The predicted molar refractivity (Wildman–Crippen MR) is 102 cm³/mol. The first-order valence-electron chi connectivity index (χ1n) is 8.76. The number of nitrogens with two attached hydrogens (primary N) is 2. The van der Waals surface area contributed by atoms with Crippen LogP contribution in [0.1, 0.15) is 12.0 Å². The largest absolute Gasteiger partial charge is 0.480 e. The van der Waals surface area contributed by atoms with Gasteiger partial charge in [0.05, 0.1) is 19.1 Å². The number of carbonyl (C=O) groups is 4. The van der Waals surface area contributed by atoms with E-state index in [0.29, 0.717) is 5.56 Å². The van der Waals surface area contributed by atoms with Crippen molar-refractivity contribution < 1.29 is 29.4 Å². The minimum Gasteiger partial charge on any atom is -0.480 e. The minimum absolute atomic E-state index is 0.0165. The molecule has 3 unspecified atom stereocenters. The number of carboxylic acids is 1. The van der Waals surface area contributed by atoms with E-state index in [4.69, 9.17) is 21.7 Å². The van der Waals surface area contributed by atoms with Crippen LogP contribution in [0, 0.1) is 0 Å². The molecule has 0 aliphatic rings. The molecule has 0 radical (unpaired) electrons. The summed E-state index contributed by atoms with van der Waals surface area (Å²) < 4.78 is 0. The normalized spacial score (nSPS) is 14.0. The summed E-state index contributed by atoms with van der Waals surface area (Å²) in [4.78, 5) is 50.0. The summed E-state index contributed by atoms with van der Waals surface area (Å²) in [5, 5.41) is 23.6. The zero-order chi connectivity index (χ0) is 21.6. The lowest BCUT2D eigenvalue weighted by molar-refractivity contribution is -0.143. The van der Waals surface area contributed by atoms with E-state index in [9.17, 15) is 19.2 Å². The molecule has 156 valence electrons. The highest BCUT2D eigenvalue weighted by Gasteiger charge is 2.29. The molecule has 11 heteroatoms. The van der Waals surface area contributed by atoms with Gasteiger partial charge in [-0.15, -0.1) is 0 Å². The molecule has 2 rings (SSSR count). The van der Waals surface area contributed by atoms with E-state index in [1.54, 1.807) is 6.20 Å². The number of aromatic amines is 1. The number of carboxylic acid groups (broad SMARTS) is 1. The maximum Gasteiger partial charge on any atom is 0.328 e. The first kappa shape index (κ1) is 21.9. The van der Waals surface area contributed by atoms with Crippen molar-refractivity contribution in [2.75, 3.05) is 6.61 Å². The predicted octanol–water partition coefficient (Wildman–Crippen LogP) is -2.04. The van der Waals surface area contributed by atoms with Gasteiger partial charge in [-0.25, -0.2) is 4.79 Å². The number of nitrogens with one attached hydrogen (secondary N) is 3. The Morgan fingerprint density at radius 2 is 1.72 bits per heavy atom. The summed E-state index contributed by atoms with van der Waals surface area (Å²) in [5.74, 6) is -3.82. The third kappa shape index (κ3) is 5.77. The summed E-state index contributed by atoms with van der Waals surface area (Å²) >= 11 is 0. The van der Waals surface area contributed by atoms with E-state index in [2.05, 4.69) is 15.6 Å². The number of para-hydroxylation sites is 1. The Bertz CT molecular complexity index is 911.